The van der Waals surface area contributed by atoms with E-state index in [1.807, 2.05) is 17.5 Å². The largest absolute Gasteiger partial charge is 0.497 e. The van der Waals surface area contributed by atoms with Gasteiger partial charge in [0.05, 0.1) is 19.2 Å². The second-order valence-corrected chi connectivity index (χ2v) is 6.62. The molecule has 3 amide bonds. The number of hydrogen-bond acceptors (Lipinski definition) is 6. The van der Waals surface area contributed by atoms with Crippen molar-refractivity contribution in [1.29, 1.82) is 0 Å². The Balaban J connectivity index is 1.79. The molecule has 0 unspecified atom stereocenters. The number of imide groups is 1. The van der Waals surface area contributed by atoms with Gasteiger partial charge in [-0.2, -0.15) is 0 Å². The number of thiophene rings is 1. The molecule has 7 nitrogen and oxygen atoms in total. The van der Waals surface area contributed by atoms with E-state index >= 15 is 0 Å². The van der Waals surface area contributed by atoms with Gasteiger partial charge >= 0.3 is 12.0 Å². The Labute approximate surface area is 156 Å². The number of methoxy groups -OCH3 is 1. The standard InChI is InChI=1S/C16H15BrN2O5S/c1-23-10-4-5-13(17)12(7-10)15(21)24-9-14(20)19-16(22)18-8-11-3-2-6-25-11/h2-7H,8-9H2,1H3,(H2,18,19,20,22). The number of ether oxygens (including phenoxy) is 2. The number of urea groups is 1. The fourth-order valence-electron chi connectivity index (χ4n) is 1.78. The molecule has 9 heteroatoms. The van der Waals surface area contributed by atoms with E-state index in [1.165, 1.54) is 24.5 Å². The van der Waals surface area contributed by atoms with Gasteiger partial charge in [-0.15, -0.1) is 11.3 Å². The molecule has 132 valence electrons. The Morgan fingerprint density at radius 1 is 1.24 bits per heavy atom. The van der Waals surface area contributed by atoms with E-state index < -0.39 is 24.5 Å². The minimum absolute atomic E-state index is 0.217. The van der Waals surface area contributed by atoms with E-state index in [9.17, 15) is 14.4 Å². The van der Waals surface area contributed by atoms with Gasteiger partial charge in [0, 0.05) is 9.35 Å². The lowest BCUT2D eigenvalue weighted by Gasteiger charge is -2.09. The Morgan fingerprint density at radius 3 is 2.72 bits per heavy atom. The molecule has 0 spiro atoms. The normalized spacial score (nSPS) is 10.0. The topological polar surface area (TPSA) is 93.7 Å². The van der Waals surface area contributed by atoms with Gasteiger partial charge in [0.2, 0.25) is 0 Å². The van der Waals surface area contributed by atoms with Crippen LogP contribution >= 0.6 is 27.3 Å². The molecule has 2 rings (SSSR count). The fraction of sp³-hybridized carbons (Fsp3) is 0.188. The van der Waals surface area contributed by atoms with Gasteiger partial charge < -0.3 is 14.8 Å². The van der Waals surface area contributed by atoms with Crippen molar-refractivity contribution in [2.45, 2.75) is 6.54 Å². The minimum Gasteiger partial charge on any atom is -0.497 e. The molecule has 1 aromatic carbocycles. The molecule has 0 bridgehead atoms. The molecule has 0 radical (unpaired) electrons. The maximum Gasteiger partial charge on any atom is 0.339 e. The molecule has 0 saturated heterocycles. The number of carbonyl (C=O) groups excluding carboxylic acids is 3. The summed E-state index contributed by atoms with van der Waals surface area (Å²) in [7, 11) is 1.47. The molecule has 2 aromatic rings. The van der Waals surface area contributed by atoms with Crippen molar-refractivity contribution in [2.75, 3.05) is 13.7 Å². The summed E-state index contributed by atoms with van der Waals surface area (Å²) < 4.78 is 10.4. The van der Waals surface area contributed by atoms with Crippen molar-refractivity contribution in [3.05, 3.63) is 50.6 Å². The zero-order valence-corrected chi connectivity index (χ0v) is 15.6. The van der Waals surface area contributed by atoms with E-state index in [-0.39, 0.29) is 5.56 Å². The van der Waals surface area contributed by atoms with Crippen molar-refractivity contribution >= 4 is 45.2 Å². The molecule has 0 atom stereocenters. The number of hydrogen-bond donors (Lipinski definition) is 2. The summed E-state index contributed by atoms with van der Waals surface area (Å²) in [5.74, 6) is -0.955. The lowest BCUT2D eigenvalue weighted by Crippen LogP contribution is -2.41. The number of esters is 1. The van der Waals surface area contributed by atoms with Gasteiger partial charge in [-0.1, -0.05) is 6.07 Å². The zero-order chi connectivity index (χ0) is 18.2. The monoisotopic (exact) mass is 426 g/mol. The van der Waals surface area contributed by atoms with Crippen molar-refractivity contribution in [3.63, 3.8) is 0 Å². The van der Waals surface area contributed by atoms with Crippen LogP contribution in [0.3, 0.4) is 0 Å². The van der Waals surface area contributed by atoms with Crippen LogP contribution in [0.15, 0.2) is 40.2 Å². The Hall–Kier alpha value is -2.39. The SMILES string of the molecule is COc1ccc(Br)c(C(=O)OCC(=O)NC(=O)NCc2cccs2)c1. The predicted octanol–water partition coefficient (Wildman–Crippen LogP) is 2.70. The number of rotatable bonds is 6. The summed E-state index contributed by atoms with van der Waals surface area (Å²) in [4.78, 5) is 36.2. The second-order valence-electron chi connectivity index (χ2n) is 4.73. The molecule has 2 N–H and O–H groups in total. The number of carbonyl (C=O) groups is 3. The summed E-state index contributed by atoms with van der Waals surface area (Å²) in [6.45, 7) is -0.262. The third kappa shape index (κ3) is 5.87. The van der Waals surface area contributed by atoms with Gasteiger partial charge in [0.15, 0.2) is 6.61 Å². The van der Waals surface area contributed by atoms with Gasteiger partial charge in [-0.05, 0) is 45.6 Å². The first-order valence-corrected chi connectivity index (χ1v) is 8.77. The zero-order valence-electron chi connectivity index (χ0n) is 13.2. The minimum atomic E-state index is -0.726. The van der Waals surface area contributed by atoms with E-state index in [2.05, 4.69) is 26.6 Å². The molecule has 0 aliphatic rings. The molecule has 0 aliphatic heterocycles. The van der Waals surface area contributed by atoms with Gasteiger partial charge in [0.25, 0.3) is 5.91 Å². The number of amides is 3. The summed E-state index contributed by atoms with van der Waals surface area (Å²) >= 11 is 4.72. The van der Waals surface area contributed by atoms with E-state index in [1.54, 1.807) is 12.1 Å². The summed E-state index contributed by atoms with van der Waals surface area (Å²) in [6, 6.07) is 7.86. The van der Waals surface area contributed by atoms with E-state index in [0.29, 0.717) is 16.8 Å². The summed E-state index contributed by atoms with van der Waals surface area (Å²) in [6.07, 6.45) is 0. The fourth-order valence-corrected chi connectivity index (χ4v) is 2.84. The van der Waals surface area contributed by atoms with Crippen molar-refractivity contribution in [3.8, 4) is 5.75 Å². The highest BCUT2D eigenvalue weighted by molar-refractivity contribution is 9.10. The summed E-state index contributed by atoms with van der Waals surface area (Å²) in [5.41, 5.74) is 0.217. The maximum atomic E-state index is 12.0. The quantitative estimate of drug-likeness (QED) is 0.692. The van der Waals surface area contributed by atoms with Crippen LogP contribution in [0, 0.1) is 0 Å². The molecule has 1 aromatic heterocycles. The van der Waals surface area contributed by atoms with Crippen LogP contribution in [0.1, 0.15) is 15.2 Å². The van der Waals surface area contributed by atoms with Crippen molar-refractivity contribution in [1.82, 2.24) is 10.6 Å². The van der Waals surface area contributed by atoms with Crippen LogP contribution in [-0.4, -0.2) is 31.6 Å². The van der Waals surface area contributed by atoms with Gasteiger partial charge in [0.1, 0.15) is 5.75 Å². The molecule has 0 saturated carbocycles. The lowest BCUT2D eigenvalue weighted by molar-refractivity contribution is -0.123. The highest BCUT2D eigenvalue weighted by Crippen LogP contribution is 2.23. The van der Waals surface area contributed by atoms with Crippen LogP contribution in [0.5, 0.6) is 5.75 Å². The van der Waals surface area contributed by atoms with E-state index in [4.69, 9.17) is 9.47 Å². The van der Waals surface area contributed by atoms with Crippen LogP contribution in [0.2, 0.25) is 0 Å². The first-order chi connectivity index (χ1) is 12.0. The van der Waals surface area contributed by atoms with Crippen molar-refractivity contribution < 1.29 is 23.9 Å². The smallest absolute Gasteiger partial charge is 0.339 e. The van der Waals surface area contributed by atoms with Crippen LogP contribution in [0.25, 0.3) is 0 Å². The molecule has 25 heavy (non-hydrogen) atoms. The molecular formula is C16H15BrN2O5S. The van der Waals surface area contributed by atoms with Crippen LogP contribution in [0.4, 0.5) is 4.79 Å². The Kier molecular flexibility index (Phi) is 6.96. The third-order valence-electron chi connectivity index (χ3n) is 2.98. The van der Waals surface area contributed by atoms with Crippen LogP contribution < -0.4 is 15.4 Å². The third-order valence-corrected chi connectivity index (χ3v) is 4.55. The molecule has 1 heterocycles. The van der Waals surface area contributed by atoms with Crippen LogP contribution in [-0.2, 0) is 16.1 Å². The number of benzene rings is 1. The second kappa shape index (κ2) is 9.19. The summed E-state index contributed by atoms with van der Waals surface area (Å²) in [5, 5.41) is 6.51. The average Bonchev–Trinajstić information content (AvgIpc) is 3.12. The van der Waals surface area contributed by atoms with E-state index in [0.717, 1.165) is 4.88 Å². The molecule has 0 fully saturated rings. The first kappa shape index (κ1) is 18.9. The average molecular weight is 427 g/mol. The maximum absolute atomic E-state index is 12.0. The molecule has 0 aliphatic carbocycles. The predicted molar refractivity (Wildman–Crippen MR) is 95.7 cm³/mol. The van der Waals surface area contributed by atoms with Gasteiger partial charge in [-0.3, -0.25) is 10.1 Å². The lowest BCUT2D eigenvalue weighted by atomic mass is 10.2. The molecular weight excluding hydrogens is 412 g/mol. The number of nitrogens with one attached hydrogen (secondary N) is 2. The first-order valence-electron chi connectivity index (χ1n) is 7.10. The highest BCUT2D eigenvalue weighted by atomic mass is 79.9. The highest BCUT2D eigenvalue weighted by Gasteiger charge is 2.15. The van der Waals surface area contributed by atoms with Gasteiger partial charge in [-0.25, -0.2) is 9.59 Å². The number of halogens is 1. The Bertz CT molecular complexity index is 764. The van der Waals surface area contributed by atoms with Crippen molar-refractivity contribution in [2.24, 2.45) is 0 Å². The Morgan fingerprint density at radius 2 is 2.04 bits per heavy atom.